The molecular formula is C20H29N3O4S. The van der Waals surface area contributed by atoms with Crippen molar-refractivity contribution in [3.63, 3.8) is 0 Å². The first-order valence-corrected chi connectivity index (χ1v) is 11.9. The molecule has 28 heavy (non-hydrogen) atoms. The highest BCUT2D eigenvalue weighted by Crippen LogP contribution is 2.18. The molecule has 1 saturated heterocycles. The van der Waals surface area contributed by atoms with Crippen LogP contribution in [0.1, 0.15) is 61.7 Å². The zero-order chi connectivity index (χ0) is 20.0. The standard InChI is InChI=1S/C20H29N3O4S/c24-19(21-16-6-4-2-1-3-5-7-16)15-8-10-17(11-9-15)22-20(25)23-18-12-13-28(26,27)14-18/h8-11,16,18H,1-7,12-14H2,(H,21,24)(H2,22,23,25)/t18-/m1/s1. The molecule has 1 aromatic rings. The molecule has 8 heteroatoms. The van der Waals surface area contributed by atoms with Crippen LogP contribution in [0.25, 0.3) is 0 Å². The third-order valence-electron chi connectivity index (χ3n) is 5.41. The molecule has 0 bridgehead atoms. The summed E-state index contributed by atoms with van der Waals surface area (Å²) in [6, 6.07) is 6.18. The van der Waals surface area contributed by atoms with Gasteiger partial charge in [0.05, 0.1) is 11.5 Å². The van der Waals surface area contributed by atoms with Gasteiger partial charge in [0.25, 0.3) is 5.91 Å². The van der Waals surface area contributed by atoms with Gasteiger partial charge >= 0.3 is 6.03 Å². The quantitative estimate of drug-likeness (QED) is 0.714. The summed E-state index contributed by atoms with van der Waals surface area (Å²) in [7, 11) is -3.03. The number of amides is 3. The summed E-state index contributed by atoms with van der Waals surface area (Å²) in [5, 5.41) is 8.48. The fourth-order valence-electron chi connectivity index (χ4n) is 3.84. The fourth-order valence-corrected chi connectivity index (χ4v) is 5.51. The number of urea groups is 1. The Hall–Kier alpha value is -2.09. The van der Waals surface area contributed by atoms with Crippen LogP contribution in [0.15, 0.2) is 24.3 Å². The average molecular weight is 408 g/mol. The van der Waals surface area contributed by atoms with Crippen LogP contribution in [0.5, 0.6) is 0 Å². The predicted octanol–water partition coefficient (Wildman–Crippen LogP) is 2.84. The Balaban J connectivity index is 1.48. The van der Waals surface area contributed by atoms with Crippen LogP contribution >= 0.6 is 0 Å². The van der Waals surface area contributed by atoms with Crippen molar-refractivity contribution in [2.45, 2.75) is 63.5 Å². The molecule has 2 aliphatic rings. The minimum Gasteiger partial charge on any atom is -0.349 e. The molecule has 1 heterocycles. The zero-order valence-corrected chi connectivity index (χ0v) is 16.9. The van der Waals surface area contributed by atoms with Crippen LogP contribution in [0.2, 0.25) is 0 Å². The molecule has 1 saturated carbocycles. The Morgan fingerprint density at radius 2 is 1.46 bits per heavy atom. The van der Waals surface area contributed by atoms with E-state index in [-0.39, 0.29) is 29.5 Å². The number of hydrogen-bond donors (Lipinski definition) is 3. The van der Waals surface area contributed by atoms with Crippen molar-refractivity contribution in [3.8, 4) is 0 Å². The number of carbonyl (C=O) groups excluding carboxylic acids is 2. The molecule has 154 valence electrons. The zero-order valence-electron chi connectivity index (χ0n) is 16.1. The van der Waals surface area contributed by atoms with E-state index in [9.17, 15) is 18.0 Å². The summed E-state index contributed by atoms with van der Waals surface area (Å²) in [5.41, 5.74) is 1.12. The molecule has 3 rings (SSSR count). The Morgan fingerprint density at radius 1 is 0.821 bits per heavy atom. The second-order valence-electron chi connectivity index (χ2n) is 7.79. The van der Waals surface area contributed by atoms with Crippen LogP contribution in [-0.2, 0) is 9.84 Å². The summed E-state index contributed by atoms with van der Waals surface area (Å²) >= 11 is 0. The number of sulfone groups is 1. The predicted molar refractivity (Wildman–Crippen MR) is 109 cm³/mol. The molecule has 0 aromatic heterocycles. The van der Waals surface area contributed by atoms with Gasteiger partial charge in [0.2, 0.25) is 0 Å². The summed E-state index contributed by atoms with van der Waals surface area (Å²) in [5.74, 6) is 0.0152. The Labute approximate surface area is 166 Å². The van der Waals surface area contributed by atoms with E-state index in [1.54, 1.807) is 24.3 Å². The molecule has 1 aromatic carbocycles. The second-order valence-corrected chi connectivity index (χ2v) is 10.0. The summed E-state index contributed by atoms with van der Waals surface area (Å²) < 4.78 is 22.9. The van der Waals surface area contributed by atoms with E-state index in [2.05, 4.69) is 16.0 Å². The maximum absolute atomic E-state index is 12.5. The fraction of sp³-hybridized carbons (Fsp3) is 0.600. The highest BCUT2D eigenvalue weighted by molar-refractivity contribution is 7.91. The van der Waals surface area contributed by atoms with Crippen LogP contribution in [0, 0.1) is 0 Å². The molecule has 0 unspecified atom stereocenters. The van der Waals surface area contributed by atoms with Crippen LogP contribution in [0.4, 0.5) is 10.5 Å². The van der Waals surface area contributed by atoms with Gasteiger partial charge in [0, 0.05) is 23.3 Å². The van der Waals surface area contributed by atoms with E-state index in [1.807, 2.05) is 0 Å². The van der Waals surface area contributed by atoms with Gasteiger partial charge in [-0.1, -0.05) is 32.1 Å². The third-order valence-corrected chi connectivity index (χ3v) is 7.18. The van der Waals surface area contributed by atoms with Crippen molar-refractivity contribution in [2.24, 2.45) is 0 Å². The monoisotopic (exact) mass is 407 g/mol. The van der Waals surface area contributed by atoms with Crippen molar-refractivity contribution in [3.05, 3.63) is 29.8 Å². The molecule has 1 atom stereocenters. The lowest BCUT2D eigenvalue weighted by Crippen LogP contribution is -2.38. The third kappa shape index (κ3) is 6.22. The molecular weight excluding hydrogens is 378 g/mol. The number of carbonyl (C=O) groups is 2. The second kappa shape index (κ2) is 9.41. The lowest BCUT2D eigenvalue weighted by atomic mass is 9.96. The number of benzene rings is 1. The summed E-state index contributed by atoms with van der Waals surface area (Å²) in [6.45, 7) is 0. The number of anilines is 1. The van der Waals surface area contributed by atoms with Gasteiger partial charge in [-0.15, -0.1) is 0 Å². The molecule has 1 aliphatic carbocycles. The Morgan fingerprint density at radius 3 is 2.07 bits per heavy atom. The van der Waals surface area contributed by atoms with Crippen molar-refractivity contribution < 1.29 is 18.0 Å². The van der Waals surface area contributed by atoms with Gasteiger partial charge in [-0.3, -0.25) is 4.79 Å². The van der Waals surface area contributed by atoms with E-state index in [0.717, 1.165) is 25.7 Å². The van der Waals surface area contributed by atoms with E-state index in [4.69, 9.17) is 0 Å². The van der Waals surface area contributed by atoms with Crippen molar-refractivity contribution in [2.75, 3.05) is 16.8 Å². The molecule has 0 spiro atoms. The number of hydrogen-bond acceptors (Lipinski definition) is 4. The first kappa shape index (κ1) is 20.6. The highest BCUT2D eigenvalue weighted by atomic mass is 32.2. The van der Waals surface area contributed by atoms with Gasteiger partial charge in [0.15, 0.2) is 9.84 Å². The summed E-state index contributed by atoms with van der Waals surface area (Å²) in [4.78, 5) is 24.5. The van der Waals surface area contributed by atoms with E-state index < -0.39 is 15.9 Å². The van der Waals surface area contributed by atoms with E-state index >= 15 is 0 Å². The van der Waals surface area contributed by atoms with E-state index in [1.165, 1.54) is 19.3 Å². The molecule has 1 aliphatic heterocycles. The first-order chi connectivity index (χ1) is 13.4. The summed E-state index contributed by atoms with van der Waals surface area (Å²) in [6.07, 6.45) is 8.58. The van der Waals surface area contributed by atoms with Gasteiger partial charge in [-0.05, 0) is 43.5 Å². The van der Waals surface area contributed by atoms with Gasteiger partial charge in [-0.25, -0.2) is 13.2 Å². The topological polar surface area (TPSA) is 104 Å². The van der Waals surface area contributed by atoms with Gasteiger partial charge in [0.1, 0.15) is 0 Å². The SMILES string of the molecule is O=C(Nc1ccc(C(=O)NC2CCCCCCC2)cc1)N[C@@H]1CCS(=O)(=O)C1. The maximum Gasteiger partial charge on any atom is 0.319 e. The largest absolute Gasteiger partial charge is 0.349 e. The number of rotatable bonds is 4. The lowest BCUT2D eigenvalue weighted by Gasteiger charge is -2.21. The molecule has 2 fully saturated rings. The normalized spacial score (nSPS) is 22.6. The minimum atomic E-state index is -3.03. The maximum atomic E-state index is 12.5. The molecule has 0 radical (unpaired) electrons. The highest BCUT2D eigenvalue weighted by Gasteiger charge is 2.28. The lowest BCUT2D eigenvalue weighted by molar-refractivity contribution is 0.0930. The van der Waals surface area contributed by atoms with Crippen LogP contribution in [0.3, 0.4) is 0 Å². The van der Waals surface area contributed by atoms with Gasteiger partial charge < -0.3 is 16.0 Å². The Bertz CT molecular complexity index is 784. The van der Waals surface area contributed by atoms with Crippen molar-refractivity contribution in [1.82, 2.24) is 10.6 Å². The smallest absolute Gasteiger partial charge is 0.319 e. The first-order valence-electron chi connectivity index (χ1n) is 10.1. The molecule has 3 N–H and O–H groups in total. The van der Waals surface area contributed by atoms with Gasteiger partial charge in [-0.2, -0.15) is 0 Å². The number of nitrogens with one attached hydrogen (secondary N) is 3. The van der Waals surface area contributed by atoms with Crippen molar-refractivity contribution in [1.29, 1.82) is 0 Å². The minimum absolute atomic E-state index is 0.0132. The Kier molecular flexibility index (Phi) is 6.93. The molecule has 7 nitrogen and oxygen atoms in total. The van der Waals surface area contributed by atoms with Crippen molar-refractivity contribution >= 4 is 27.5 Å². The average Bonchev–Trinajstić information content (AvgIpc) is 2.96. The van der Waals surface area contributed by atoms with Crippen LogP contribution < -0.4 is 16.0 Å². The molecule has 3 amide bonds. The van der Waals surface area contributed by atoms with E-state index in [0.29, 0.717) is 17.7 Å². The van der Waals surface area contributed by atoms with Crippen LogP contribution in [-0.4, -0.2) is 43.9 Å².